The van der Waals surface area contributed by atoms with Crippen LogP contribution in [0.1, 0.15) is 80.9 Å². The largest absolute Gasteiger partial charge is 2.00 e. The van der Waals surface area contributed by atoms with Gasteiger partial charge in [0.2, 0.25) is 12.6 Å². The zero-order chi connectivity index (χ0) is 41.0. The van der Waals surface area contributed by atoms with Gasteiger partial charge in [0.25, 0.3) is 0 Å². The average Bonchev–Trinajstić information content (AvgIpc) is 3.81. The summed E-state index contributed by atoms with van der Waals surface area (Å²) in [6, 6.07) is 12.4. The molecule has 0 spiro atoms. The fraction of sp³-hybridized carbons (Fsp3) is 0.438. The molecule has 0 saturated heterocycles. The molecule has 0 fully saturated rings. The van der Waals surface area contributed by atoms with Gasteiger partial charge in [0.05, 0.1) is 34.2 Å². The maximum atomic E-state index is 9.75. The Morgan fingerprint density at radius 2 is 0.436 bits per heavy atom. The molecular weight excluding hydrogens is 790 g/mol. The van der Waals surface area contributed by atoms with E-state index in [0.717, 1.165) is 68.3 Å². The molecule has 0 atom stereocenters. The minimum absolute atomic E-state index is 0. The van der Waals surface area contributed by atoms with E-state index >= 15 is 0 Å². The van der Waals surface area contributed by atoms with E-state index in [9.17, 15) is 34.5 Å². The van der Waals surface area contributed by atoms with Gasteiger partial charge in [0, 0.05) is 34.2 Å². The van der Waals surface area contributed by atoms with Gasteiger partial charge in [-0.1, -0.05) is 0 Å². The second kappa shape index (κ2) is 18.3. The first-order valence-corrected chi connectivity index (χ1v) is 16.6. The molecule has 55 heavy (non-hydrogen) atoms. The third kappa shape index (κ3) is 13.3. The van der Waals surface area contributed by atoms with Crippen LogP contribution in [0.4, 0.5) is 34.5 Å². The maximum Gasteiger partial charge on any atom is 2.00 e. The minimum atomic E-state index is -6.00. The first-order chi connectivity index (χ1) is 24.7. The van der Waals surface area contributed by atoms with Gasteiger partial charge < -0.3 is 34.5 Å². The quantitative estimate of drug-likeness (QED) is 0.125. The van der Waals surface area contributed by atoms with Crippen LogP contribution in [0.5, 0.6) is 0 Å². The van der Waals surface area contributed by atoms with Gasteiger partial charge in [-0.3, -0.25) is 0 Å². The van der Waals surface area contributed by atoms with Crippen LogP contribution in [0.3, 0.4) is 0 Å². The molecular formula is C32H44B2CuF8N12. The van der Waals surface area contributed by atoms with Crippen LogP contribution in [-0.2, 0) is 17.1 Å². The van der Waals surface area contributed by atoms with Gasteiger partial charge >= 0.3 is 31.6 Å². The van der Waals surface area contributed by atoms with Gasteiger partial charge in [-0.05, 0) is 119 Å². The topological polar surface area (TPSA) is 107 Å². The van der Waals surface area contributed by atoms with Crippen molar-refractivity contribution in [3.8, 4) is 0 Å². The fourth-order valence-corrected chi connectivity index (χ4v) is 5.90. The van der Waals surface area contributed by atoms with Crippen molar-refractivity contribution in [3.63, 3.8) is 0 Å². The van der Waals surface area contributed by atoms with E-state index in [4.69, 9.17) is 0 Å². The molecule has 6 rings (SSSR count). The SMILES string of the molecule is Cc1cc(C)n(C(n2nc(C)cc2C)n2nc(C)cc2C)n1.Cc1cc(C)n(C(n2nc(C)cc2C)n2nc(C)cc2C)n1.F[B-](F)(F)F.F[B-](F)(F)F.[Cu+2]. The first-order valence-electron chi connectivity index (χ1n) is 16.6. The van der Waals surface area contributed by atoms with E-state index in [-0.39, 0.29) is 29.6 Å². The number of aromatic nitrogens is 12. The summed E-state index contributed by atoms with van der Waals surface area (Å²) in [7, 11) is -12.0. The first kappa shape index (κ1) is 46.5. The van der Waals surface area contributed by atoms with E-state index in [1.807, 2.05) is 69.6 Å². The molecule has 0 bridgehead atoms. The molecule has 0 unspecified atom stereocenters. The second-order valence-corrected chi connectivity index (χ2v) is 12.9. The Bertz CT molecular complexity index is 1770. The van der Waals surface area contributed by atoms with Crippen LogP contribution in [-0.4, -0.2) is 73.2 Å². The summed E-state index contributed by atoms with van der Waals surface area (Å²) in [5.41, 5.74) is 12.5. The number of hydrogen-bond acceptors (Lipinski definition) is 6. The van der Waals surface area contributed by atoms with Crippen LogP contribution in [0.2, 0.25) is 0 Å². The number of nitrogens with zero attached hydrogens (tertiary/aromatic N) is 12. The Balaban J connectivity index is 0.000000301. The van der Waals surface area contributed by atoms with Crippen LogP contribution in [0.25, 0.3) is 0 Å². The zero-order valence-corrected chi connectivity index (χ0v) is 33.4. The predicted octanol–water partition coefficient (Wildman–Crippen LogP) is 7.96. The van der Waals surface area contributed by atoms with Crippen LogP contribution < -0.4 is 0 Å². The van der Waals surface area contributed by atoms with E-state index in [2.05, 4.69) is 109 Å². The van der Waals surface area contributed by atoms with Gasteiger partial charge in [-0.15, -0.1) is 0 Å². The maximum absolute atomic E-state index is 9.75. The molecule has 0 aromatic carbocycles. The normalized spacial score (nSPS) is 11.5. The average molecular weight is 834 g/mol. The molecule has 6 heterocycles. The van der Waals surface area contributed by atoms with Crippen LogP contribution in [0.15, 0.2) is 36.4 Å². The molecule has 6 aromatic heterocycles. The monoisotopic (exact) mass is 833 g/mol. The van der Waals surface area contributed by atoms with Gasteiger partial charge in [0.15, 0.2) is 0 Å². The summed E-state index contributed by atoms with van der Waals surface area (Å²) < 4.78 is 89.9. The molecule has 305 valence electrons. The predicted molar refractivity (Wildman–Crippen MR) is 190 cm³/mol. The van der Waals surface area contributed by atoms with Crippen molar-refractivity contribution in [1.82, 2.24) is 58.7 Å². The van der Waals surface area contributed by atoms with E-state index in [1.54, 1.807) is 0 Å². The van der Waals surface area contributed by atoms with Crippen molar-refractivity contribution >= 4 is 14.5 Å². The zero-order valence-electron chi connectivity index (χ0n) is 32.5. The molecule has 0 aliphatic heterocycles. The summed E-state index contributed by atoms with van der Waals surface area (Å²) in [5.74, 6) is 0. The van der Waals surface area contributed by atoms with Gasteiger partial charge in [-0.25, -0.2) is 28.1 Å². The molecule has 1 radical (unpaired) electrons. The number of hydrogen-bond donors (Lipinski definition) is 0. The third-order valence-electron chi connectivity index (χ3n) is 7.58. The fourth-order valence-electron chi connectivity index (χ4n) is 5.90. The Hall–Kier alpha value is -4.65. The Morgan fingerprint density at radius 3 is 0.509 bits per heavy atom. The number of halogens is 8. The molecule has 6 aromatic rings. The Labute approximate surface area is 324 Å². The summed E-state index contributed by atoms with van der Waals surface area (Å²) >= 11 is 0. The molecule has 0 N–H and O–H groups in total. The standard InChI is InChI=1S/2C16H22N6.2BF4.Cu/c2*1-10-7-13(4)20(17-10)16(21-14(5)8-11(2)18-21)22-15(6)9-12(3)19-22;2*2-1(3,4)5;/h2*7-9,16H,1-6H3;;;/q;;2*-1;+2. The summed E-state index contributed by atoms with van der Waals surface area (Å²) in [5, 5.41) is 28.0. The summed E-state index contributed by atoms with van der Waals surface area (Å²) in [6.07, 6.45) is -0.452. The number of aryl methyl sites for hydroxylation is 12. The molecule has 0 aliphatic carbocycles. The summed E-state index contributed by atoms with van der Waals surface area (Å²) in [4.78, 5) is 0. The minimum Gasteiger partial charge on any atom is -0.418 e. The van der Waals surface area contributed by atoms with Crippen molar-refractivity contribution in [2.45, 2.75) is 95.7 Å². The molecule has 0 amide bonds. The Kier molecular flexibility index (Phi) is 15.5. The number of rotatable bonds is 6. The van der Waals surface area contributed by atoms with Gasteiger partial charge in [0.1, 0.15) is 0 Å². The van der Waals surface area contributed by atoms with Crippen molar-refractivity contribution in [1.29, 1.82) is 0 Å². The van der Waals surface area contributed by atoms with Crippen LogP contribution in [0, 0.1) is 83.1 Å². The molecule has 23 heteroatoms. The van der Waals surface area contributed by atoms with E-state index < -0.39 is 14.5 Å². The van der Waals surface area contributed by atoms with Crippen molar-refractivity contribution < 1.29 is 51.6 Å². The smallest absolute Gasteiger partial charge is 0.418 e. The van der Waals surface area contributed by atoms with Gasteiger partial charge in [-0.2, -0.15) is 30.6 Å². The third-order valence-corrected chi connectivity index (χ3v) is 7.58. The molecule has 0 aliphatic rings. The van der Waals surface area contributed by atoms with Crippen LogP contribution >= 0.6 is 0 Å². The second-order valence-electron chi connectivity index (χ2n) is 12.9. The van der Waals surface area contributed by atoms with Crippen molar-refractivity contribution in [3.05, 3.63) is 105 Å². The van der Waals surface area contributed by atoms with E-state index in [0.29, 0.717) is 0 Å². The van der Waals surface area contributed by atoms with Crippen molar-refractivity contribution in [2.75, 3.05) is 0 Å². The van der Waals surface area contributed by atoms with E-state index in [1.165, 1.54) is 0 Å². The molecule has 12 nitrogen and oxygen atoms in total. The van der Waals surface area contributed by atoms with Crippen molar-refractivity contribution in [2.24, 2.45) is 0 Å². The summed E-state index contributed by atoms with van der Waals surface area (Å²) in [6.45, 7) is 24.4. The molecule has 0 saturated carbocycles. The Morgan fingerprint density at radius 1 is 0.327 bits per heavy atom.